The lowest BCUT2D eigenvalue weighted by Gasteiger charge is -2.42. The van der Waals surface area contributed by atoms with Crippen molar-refractivity contribution in [2.24, 2.45) is 0 Å². The maximum Gasteiger partial charge on any atom is 0.410 e. The predicted octanol–water partition coefficient (Wildman–Crippen LogP) is 6.07. The maximum atomic E-state index is 13.1. The number of rotatable bonds is 15. The van der Waals surface area contributed by atoms with E-state index >= 15 is 0 Å². The monoisotopic (exact) mass is 702 g/mol. The standard InChI is InChI=1S/C40H54N4O7/c1-30(45)41-19-21-42-20-8-11-31-13-16-36(26-37(31)42)50-29-34-27-43(39(46)51-40(2,3)4)22-23-44(34)33-14-17-35(18-15-33)49-25-9-24-48-28-32-10-6-7-12-38(32)47-5/h6-7,10,12-18,26,34H,8-9,11,19-25,27-29H2,1-5H3,(H,41,45)/t34-/m1/s1. The van der Waals surface area contributed by atoms with Gasteiger partial charge in [0.15, 0.2) is 0 Å². The molecule has 1 saturated heterocycles. The summed E-state index contributed by atoms with van der Waals surface area (Å²) in [5.41, 5.74) is 3.92. The second-order valence-corrected chi connectivity index (χ2v) is 14.0. The van der Waals surface area contributed by atoms with Gasteiger partial charge in [0.05, 0.1) is 33.0 Å². The topological polar surface area (TPSA) is 102 Å². The van der Waals surface area contributed by atoms with E-state index in [0.717, 1.165) is 66.5 Å². The van der Waals surface area contributed by atoms with Crippen molar-refractivity contribution in [1.29, 1.82) is 0 Å². The summed E-state index contributed by atoms with van der Waals surface area (Å²) in [5.74, 6) is 2.38. The van der Waals surface area contributed by atoms with Crippen LogP contribution in [0.4, 0.5) is 16.2 Å². The highest BCUT2D eigenvalue weighted by Gasteiger charge is 2.33. The lowest BCUT2D eigenvalue weighted by atomic mass is 10.0. The largest absolute Gasteiger partial charge is 0.496 e. The fraction of sp³-hybridized carbons (Fsp3) is 0.500. The Bertz CT molecular complexity index is 1580. The number of carbonyl (C=O) groups is 2. The fourth-order valence-corrected chi connectivity index (χ4v) is 6.43. The van der Waals surface area contributed by atoms with Gasteiger partial charge in [-0.15, -0.1) is 0 Å². The summed E-state index contributed by atoms with van der Waals surface area (Å²) in [4.78, 5) is 30.9. The van der Waals surface area contributed by atoms with E-state index < -0.39 is 5.60 Å². The van der Waals surface area contributed by atoms with Gasteiger partial charge in [-0.05, 0) is 75.6 Å². The number of nitrogens with zero attached hydrogens (tertiary/aromatic N) is 3. The summed E-state index contributed by atoms with van der Waals surface area (Å²) >= 11 is 0. The molecule has 2 aliphatic rings. The van der Waals surface area contributed by atoms with Crippen LogP contribution >= 0.6 is 0 Å². The van der Waals surface area contributed by atoms with Crippen LogP contribution in [-0.2, 0) is 27.3 Å². The van der Waals surface area contributed by atoms with Gasteiger partial charge < -0.3 is 43.7 Å². The molecule has 2 amide bonds. The Balaban J connectivity index is 1.19. The van der Waals surface area contributed by atoms with Gasteiger partial charge in [-0.3, -0.25) is 4.79 Å². The number of nitrogens with one attached hydrogen (secondary N) is 1. The first-order valence-electron chi connectivity index (χ1n) is 18.0. The molecule has 1 atom stereocenters. The van der Waals surface area contributed by atoms with Crippen LogP contribution in [0.1, 0.15) is 51.7 Å². The van der Waals surface area contributed by atoms with Crippen molar-refractivity contribution >= 4 is 23.4 Å². The van der Waals surface area contributed by atoms with E-state index in [1.165, 1.54) is 5.56 Å². The van der Waals surface area contributed by atoms with Crippen molar-refractivity contribution in [1.82, 2.24) is 10.2 Å². The Labute approximate surface area is 302 Å². The minimum Gasteiger partial charge on any atom is -0.496 e. The first kappa shape index (κ1) is 37.6. The zero-order valence-corrected chi connectivity index (χ0v) is 30.8. The van der Waals surface area contributed by atoms with Crippen LogP contribution in [0.2, 0.25) is 0 Å². The van der Waals surface area contributed by atoms with Crippen LogP contribution in [0.15, 0.2) is 66.7 Å². The molecule has 1 fully saturated rings. The summed E-state index contributed by atoms with van der Waals surface area (Å²) in [6, 6.07) is 22.2. The Kier molecular flexibility index (Phi) is 13.3. The fourth-order valence-electron chi connectivity index (χ4n) is 6.43. The average molecular weight is 703 g/mol. The van der Waals surface area contributed by atoms with E-state index in [-0.39, 0.29) is 18.0 Å². The van der Waals surface area contributed by atoms with Crippen LogP contribution in [-0.4, -0.2) is 94.7 Å². The molecule has 0 saturated carbocycles. The van der Waals surface area contributed by atoms with Crippen LogP contribution in [0.25, 0.3) is 0 Å². The van der Waals surface area contributed by atoms with E-state index in [0.29, 0.717) is 52.6 Å². The van der Waals surface area contributed by atoms with Gasteiger partial charge in [-0.25, -0.2) is 4.79 Å². The third kappa shape index (κ3) is 11.2. The quantitative estimate of drug-likeness (QED) is 0.189. The zero-order valence-electron chi connectivity index (χ0n) is 30.8. The first-order chi connectivity index (χ1) is 24.6. The van der Waals surface area contributed by atoms with Gasteiger partial charge in [0, 0.05) is 75.6 Å². The number of hydrogen-bond acceptors (Lipinski definition) is 9. The number of hydrogen-bond donors (Lipinski definition) is 1. The summed E-state index contributed by atoms with van der Waals surface area (Å²) in [7, 11) is 1.67. The van der Waals surface area contributed by atoms with E-state index in [4.69, 9.17) is 23.7 Å². The van der Waals surface area contributed by atoms with E-state index in [1.54, 1.807) is 18.9 Å². The van der Waals surface area contributed by atoms with Gasteiger partial charge in [0.2, 0.25) is 5.91 Å². The molecule has 2 heterocycles. The number of para-hydroxylation sites is 1. The summed E-state index contributed by atoms with van der Waals surface area (Å²) in [6.07, 6.45) is 2.54. The van der Waals surface area contributed by atoms with E-state index in [1.807, 2.05) is 63.2 Å². The molecule has 2 aliphatic heterocycles. The maximum absolute atomic E-state index is 13.1. The van der Waals surface area contributed by atoms with E-state index in [2.05, 4.69) is 39.4 Å². The first-order valence-corrected chi connectivity index (χ1v) is 18.0. The molecule has 0 aromatic heterocycles. The smallest absolute Gasteiger partial charge is 0.410 e. The summed E-state index contributed by atoms with van der Waals surface area (Å²) in [6.45, 7) is 13.1. The van der Waals surface area contributed by atoms with Crippen molar-refractivity contribution < 1.29 is 33.3 Å². The highest BCUT2D eigenvalue weighted by molar-refractivity contribution is 5.73. The number of aryl methyl sites for hydroxylation is 1. The number of methoxy groups -OCH3 is 1. The number of piperazine rings is 1. The Hall–Kier alpha value is -4.64. The van der Waals surface area contributed by atoms with Gasteiger partial charge in [-0.2, -0.15) is 0 Å². The van der Waals surface area contributed by atoms with Crippen LogP contribution in [0.5, 0.6) is 17.2 Å². The molecule has 3 aromatic rings. The summed E-state index contributed by atoms with van der Waals surface area (Å²) in [5, 5.41) is 2.91. The molecule has 3 aromatic carbocycles. The third-order valence-corrected chi connectivity index (χ3v) is 8.92. The van der Waals surface area contributed by atoms with Gasteiger partial charge in [-0.1, -0.05) is 24.3 Å². The molecule has 0 spiro atoms. The van der Waals surface area contributed by atoms with Crippen molar-refractivity contribution in [3.8, 4) is 17.2 Å². The molecule has 11 nitrogen and oxygen atoms in total. The average Bonchev–Trinajstić information content (AvgIpc) is 3.11. The highest BCUT2D eigenvalue weighted by atomic mass is 16.6. The molecule has 276 valence electrons. The number of amides is 2. The second-order valence-electron chi connectivity index (χ2n) is 14.0. The molecule has 11 heteroatoms. The number of anilines is 2. The second kappa shape index (κ2) is 18.0. The minimum absolute atomic E-state index is 0.0221. The molecule has 51 heavy (non-hydrogen) atoms. The molecule has 0 bridgehead atoms. The Morgan fingerprint density at radius 3 is 2.47 bits per heavy atom. The van der Waals surface area contributed by atoms with Crippen LogP contribution in [0.3, 0.4) is 0 Å². The van der Waals surface area contributed by atoms with Crippen molar-refractivity contribution in [3.05, 3.63) is 77.9 Å². The molecule has 0 aliphatic carbocycles. The van der Waals surface area contributed by atoms with Crippen LogP contribution < -0.4 is 29.3 Å². The van der Waals surface area contributed by atoms with Gasteiger partial charge >= 0.3 is 6.09 Å². The molecular formula is C40H54N4O7. The minimum atomic E-state index is -0.577. The lowest BCUT2D eigenvalue weighted by Crippen LogP contribution is -2.57. The molecule has 1 N–H and O–H groups in total. The molecule has 0 radical (unpaired) electrons. The normalized spacial score (nSPS) is 15.9. The number of ether oxygens (including phenoxy) is 5. The SMILES string of the molecule is COc1ccccc1COCCCOc1ccc(N2CCN(C(=O)OC(C)(C)C)C[C@@H]2COc2ccc3c(c2)N(CCNC(C)=O)CCC3)cc1. The van der Waals surface area contributed by atoms with Gasteiger partial charge in [0.1, 0.15) is 29.5 Å². The van der Waals surface area contributed by atoms with Gasteiger partial charge in [0.25, 0.3) is 0 Å². The highest BCUT2D eigenvalue weighted by Crippen LogP contribution is 2.32. The number of fused-ring (bicyclic) bond motifs is 1. The Morgan fingerprint density at radius 2 is 1.71 bits per heavy atom. The zero-order chi connectivity index (χ0) is 36.2. The molecule has 0 unspecified atom stereocenters. The Morgan fingerprint density at radius 1 is 0.922 bits per heavy atom. The number of carbonyl (C=O) groups excluding carboxylic acids is 2. The van der Waals surface area contributed by atoms with Crippen molar-refractivity contribution in [3.63, 3.8) is 0 Å². The molecule has 5 rings (SSSR count). The predicted molar refractivity (Wildman–Crippen MR) is 199 cm³/mol. The summed E-state index contributed by atoms with van der Waals surface area (Å²) < 4.78 is 29.5. The van der Waals surface area contributed by atoms with Crippen molar-refractivity contribution in [2.75, 3.05) is 76.0 Å². The third-order valence-electron chi connectivity index (χ3n) is 8.92. The lowest BCUT2D eigenvalue weighted by molar-refractivity contribution is -0.118. The van der Waals surface area contributed by atoms with Crippen molar-refractivity contribution in [2.45, 2.75) is 65.2 Å². The van der Waals surface area contributed by atoms with Crippen LogP contribution in [0, 0.1) is 0 Å². The van der Waals surface area contributed by atoms with E-state index in [9.17, 15) is 9.59 Å². The molecular weight excluding hydrogens is 648 g/mol. The number of benzene rings is 3.